The fraction of sp³-hybridized carbons (Fsp3) is 0.667. The van der Waals surface area contributed by atoms with Gasteiger partial charge < -0.3 is 0 Å². The summed E-state index contributed by atoms with van der Waals surface area (Å²) >= 11 is 0. The molecule has 0 amide bonds. The average Bonchev–Trinajstić information content (AvgIpc) is 1.79. The van der Waals surface area contributed by atoms with Crippen molar-refractivity contribution in [3.8, 4) is 0 Å². The van der Waals surface area contributed by atoms with E-state index in [1.807, 2.05) is 0 Å². The van der Waals surface area contributed by atoms with E-state index in [0.717, 1.165) is 5.92 Å². The zero-order valence-electron chi connectivity index (χ0n) is 6.57. The smallest absolute Gasteiger partial charge is 0.0106 e. The van der Waals surface area contributed by atoms with Gasteiger partial charge in [0, 0.05) is 0 Å². The Kier molecular flexibility index (Phi) is 1.42. The molecule has 0 aliphatic heterocycles. The normalized spacial score (nSPS) is 33.2. The predicted molar refractivity (Wildman–Crippen MR) is 41.0 cm³/mol. The molecule has 1 radical (unpaired) electrons. The van der Waals surface area contributed by atoms with Gasteiger partial charge in [-0.25, -0.2) is 0 Å². The van der Waals surface area contributed by atoms with E-state index in [1.54, 1.807) is 0 Å². The van der Waals surface area contributed by atoms with Crippen LogP contribution in [0.1, 0.15) is 27.2 Å². The molecule has 0 aromatic rings. The summed E-state index contributed by atoms with van der Waals surface area (Å²) in [6.45, 7) is 10.8. The van der Waals surface area contributed by atoms with Crippen molar-refractivity contribution in [2.75, 3.05) is 0 Å². The Hall–Kier alpha value is -0.260. The van der Waals surface area contributed by atoms with Crippen LogP contribution in [0.3, 0.4) is 0 Å². The highest BCUT2D eigenvalue weighted by Crippen LogP contribution is 2.43. The Morgan fingerprint density at radius 3 is 2.33 bits per heavy atom. The second-order valence-corrected chi connectivity index (χ2v) is 3.76. The number of hydrogen-bond donors (Lipinski definition) is 0. The first-order valence-electron chi connectivity index (χ1n) is 3.56. The minimum atomic E-state index is 0.374. The van der Waals surface area contributed by atoms with Crippen molar-refractivity contribution >= 4 is 0 Å². The average molecular weight is 123 g/mol. The van der Waals surface area contributed by atoms with Crippen LogP contribution in [0.15, 0.2) is 12.2 Å². The summed E-state index contributed by atoms with van der Waals surface area (Å²) in [7, 11) is 0. The molecule has 1 rings (SSSR count). The predicted octanol–water partition coefficient (Wildman–Crippen LogP) is 2.81. The molecular formula is C9H15. The van der Waals surface area contributed by atoms with Crippen molar-refractivity contribution in [3.63, 3.8) is 0 Å². The van der Waals surface area contributed by atoms with E-state index in [-0.39, 0.29) is 0 Å². The molecule has 0 N–H and O–H groups in total. The summed E-state index contributed by atoms with van der Waals surface area (Å²) in [5, 5.41) is 0. The fourth-order valence-corrected chi connectivity index (χ4v) is 1.56. The van der Waals surface area contributed by atoms with E-state index in [1.165, 1.54) is 12.0 Å². The van der Waals surface area contributed by atoms with Gasteiger partial charge in [-0.05, 0) is 24.2 Å². The summed E-state index contributed by atoms with van der Waals surface area (Å²) in [4.78, 5) is 0. The lowest BCUT2D eigenvalue weighted by Crippen LogP contribution is -2.06. The van der Waals surface area contributed by atoms with Crippen LogP contribution in [0.5, 0.6) is 0 Å². The van der Waals surface area contributed by atoms with Crippen LogP contribution in [0, 0.1) is 17.8 Å². The van der Waals surface area contributed by atoms with Gasteiger partial charge in [-0.1, -0.05) is 32.9 Å². The first kappa shape index (κ1) is 6.85. The maximum atomic E-state index is 4.00. The lowest BCUT2D eigenvalue weighted by Gasteiger charge is -2.17. The van der Waals surface area contributed by atoms with Gasteiger partial charge in [0.25, 0.3) is 0 Å². The van der Waals surface area contributed by atoms with E-state index in [4.69, 9.17) is 0 Å². The van der Waals surface area contributed by atoms with Gasteiger partial charge in [0.1, 0.15) is 0 Å². The van der Waals surface area contributed by atoms with Crippen molar-refractivity contribution < 1.29 is 0 Å². The van der Waals surface area contributed by atoms with Gasteiger partial charge in [-0.15, -0.1) is 0 Å². The largest absolute Gasteiger partial charge is 0.0990 e. The molecule has 0 heterocycles. The Morgan fingerprint density at radius 2 is 2.22 bits per heavy atom. The Balaban J connectivity index is 2.70. The molecule has 1 saturated carbocycles. The van der Waals surface area contributed by atoms with Crippen LogP contribution >= 0.6 is 0 Å². The van der Waals surface area contributed by atoms with Crippen molar-refractivity contribution in [2.24, 2.45) is 11.3 Å². The van der Waals surface area contributed by atoms with Crippen LogP contribution in [0.25, 0.3) is 0 Å². The third kappa shape index (κ3) is 1.17. The monoisotopic (exact) mass is 123 g/mol. The molecule has 9 heavy (non-hydrogen) atoms. The molecule has 1 aliphatic rings. The van der Waals surface area contributed by atoms with Crippen molar-refractivity contribution in [2.45, 2.75) is 27.2 Å². The molecule has 0 heteroatoms. The maximum absolute atomic E-state index is 4.00. The first-order chi connectivity index (χ1) is 4.02. The van der Waals surface area contributed by atoms with Gasteiger partial charge in [-0.2, -0.15) is 0 Å². The van der Waals surface area contributed by atoms with Crippen LogP contribution in [0.2, 0.25) is 0 Å². The van der Waals surface area contributed by atoms with E-state index in [9.17, 15) is 0 Å². The van der Waals surface area contributed by atoms with Gasteiger partial charge in [0.15, 0.2) is 0 Å². The highest BCUT2D eigenvalue weighted by Gasteiger charge is 2.31. The molecule has 0 nitrogen and oxygen atoms in total. The summed E-state index contributed by atoms with van der Waals surface area (Å²) in [6, 6.07) is 0. The standard InChI is InChI=1S/C9H15/c1-7-5-8(2)9(3,4)6-7/h5,7H,2,6H2,1,3-4H3. The van der Waals surface area contributed by atoms with Crippen molar-refractivity contribution in [1.29, 1.82) is 0 Å². The van der Waals surface area contributed by atoms with Gasteiger partial charge in [0.05, 0.1) is 0 Å². The molecule has 0 aromatic carbocycles. The van der Waals surface area contributed by atoms with Gasteiger partial charge >= 0.3 is 0 Å². The van der Waals surface area contributed by atoms with Crippen molar-refractivity contribution in [3.05, 3.63) is 18.6 Å². The lowest BCUT2D eigenvalue weighted by molar-refractivity contribution is 0.423. The number of allylic oxidation sites excluding steroid dienone is 1. The second kappa shape index (κ2) is 1.86. The lowest BCUT2D eigenvalue weighted by atomic mass is 9.88. The second-order valence-electron chi connectivity index (χ2n) is 3.76. The quantitative estimate of drug-likeness (QED) is 0.464. The molecule has 1 fully saturated rings. The van der Waals surface area contributed by atoms with E-state index < -0.39 is 0 Å². The highest BCUT2D eigenvalue weighted by atomic mass is 14.4. The van der Waals surface area contributed by atoms with E-state index >= 15 is 0 Å². The molecule has 0 bridgehead atoms. The molecule has 0 aromatic heterocycles. The third-order valence-electron chi connectivity index (χ3n) is 2.19. The number of hydrogen-bond acceptors (Lipinski definition) is 0. The Labute approximate surface area is 58.0 Å². The molecule has 0 saturated heterocycles. The van der Waals surface area contributed by atoms with Gasteiger partial charge in [0.2, 0.25) is 0 Å². The summed E-state index contributed by atoms with van der Waals surface area (Å²) in [6.07, 6.45) is 3.55. The van der Waals surface area contributed by atoms with E-state index in [2.05, 4.69) is 33.8 Å². The maximum Gasteiger partial charge on any atom is -0.0106 e. The Morgan fingerprint density at radius 1 is 1.67 bits per heavy atom. The molecular weight excluding hydrogens is 108 g/mol. The zero-order valence-corrected chi connectivity index (χ0v) is 6.57. The minimum Gasteiger partial charge on any atom is -0.0990 e. The Bertz CT molecular complexity index is 131. The summed E-state index contributed by atoms with van der Waals surface area (Å²) in [5.41, 5.74) is 1.69. The van der Waals surface area contributed by atoms with Crippen molar-refractivity contribution in [1.82, 2.24) is 0 Å². The van der Waals surface area contributed by atoms with Crippen LogP contribution in [0.4, 0.5) is 0 Å². The summed E-state index contributed by atoms with van der Waals surface area (Å²) in [5.74, 6) is 0.743. The molecule has 1 aliphatic carbocycles. The fourth-order valence-electron chi connectivity index (χ4n) is 1.56. The minimum absolute atomic E-state index is 0.374. The SMILES string of the molecule is C=C1[CH]C(C)CC1(C)C. The third-order valence-corrected chi connectivity index (χ3v) is 2.19. The molecule has 51 valence electrons. The summed E-state index contributed by atoms with van der Waals surface area (Å²) < 4.78 is 0. The van der Waals surface area contributed by atoms with Crippen LogP contribution < -0.4 is 0 Å². The van der Waals surface area contributed by atoms with E-state index in [0.29, 0.717) is 5.41 Å². The molecule has 0 spiro atoms. The van der Waals surface area contributed by atoms with Crippen LogP contribution in [-0.4, -0.2) is 0 Å². The van der Waals surface area contributed by atoms with Crippen LogP contribution in [-0.2, 0) is 0 Å². The zero-order chi connectivity index (χ0) is 7.07. The molecule has 1 unspecified atom stereocenters. The first-order valence-corrected chi connectivity index (χ1v) is 3.56. The number of rotatable bonds is 0. The topological polar surface area (TPSA) is 0 Å². The van der Waals surface area contributed by atoms with Gasteiger partial charge in [-0.3, -0.25) is 0 Å². The molecule has 1 atom stereocenters. The highest BCUT2D eigenvalue weighted by molar-refractivity contribution is 5.24.